The highest BCUT2D eigenvalue weighted by Gasteiger charge is 2.33. The van der Waals surface area contributed by atoms with E-state index in [0.717, 1.165) is 25.9 Å². The molecule has 1 atom stereocenters. The number of piperidine rings is 1. The van der Waals surface area contributed by atoms with Gasteiger partial charge in [-0.15, -0.1) is 0 Å². The standard InChI is InChI=1S/C19H24N4O2/c1-13-10-21-18(14-5-6-14)23(13)16-4-3-9-22(12-16)19(24)15-7-8-17(25-2)20-11-15/h7-8,10-11,14,16H,3-6,9,12H2,1-2H3. The number of carbonyl (C=O) groups is 1. The summed E-state index contributed by atoms with van der Waals surface area (Å²) >= 11 is 0. The SMILES string of the molecule is COc1ccc(C(=O)N2CCCC(n3c(C)cnc3C3CC3)C2)cn1. The van der Waals surface area contributed by atoms with E-state index in [9.17, 15) is 4.79 Å². The summed E-state index contributed by atoms with van der Waals surface area (Å²) in [4.78, 5) is 23.6. The maximum absolute atomic E-state index is 12.9. The van der Waals surface area contributed by atoms with Gasteiger partial charge in [0.1, 0.15) is 5.82 Å². The maximum atomic E-state index is 12.9. The number of aromatic nitrogens is 3. The minimum atomic E-state index is 0.0468. The third-order valence-corrected chi connectivity index (χ3v) is 5.19. The van der Waals surface area contributed by atoms with E-state index in [-0.39, 0.29) is 5.91 Å². The predicted octanol–water partition coefficient (Wildman–Crippen LogP) is 2.95. The highest BCUT2D eigenvalue weighted by Crippen LogP contribution is 2.41. The molecule has 4 rings (SSSR count). The third kappa shape index (κ3) is 3.13. The number of likely N-dealkylation sites (tertiary alicyclic amines) is 1. The van der Waals surface area contributed by atoms with Crippen LogP contribution in [-0.2, 0) is 0 Å². The Hall–Kier alpha value is -2.37. The first kappa shape index (κ1) is 16.1. The zero-order valence-corrected chi connectivity index (χ0v) is 14.8. The fourth-order valence-electron chi connectivity index (χ4n) is 3.74. The van der Waals surface area contributed by atoms with Crippen LogP contribution in [0.1, 0.15) is 59.5 Å². The number of nitrogens with zero attached hydrogens (tertiary/aromatic N) is 4. The van der Waals surface area contributed by atoms with Gasteiger partial charge in [-0.2, -0.15) is 0 Å². The summed E-state index contributed by atoms with van der Waals surface area (Å²) in [5, 5.41) is 0. The van der Waals surface area contributed by atoms with E-state index >= 15 is 0 Å². The first-order valence-corrected chi connectivity index (χ1v) is 9.00. The van der Waals surface area contributed by atoms with Gasteiger partial charge in [0.05, 0.1) is 18.7 Å². The van der Waals surface area contributed by atoms with Crippen molar-refractivity contribution in [3.8, 4) is 5.88 Å². The third-order valence-electron chi connectivity index (χ3n) is 5.19. The topological polar surface area (TPSA) is 60.2 Å². The number of amides is 1. The summed E-state index contributed by atoms with van der Waals surface area (Å²) in [7, 11) is 1.57. The van der Waals surface area contributed by atoms with Crippen LogP contribution in [0.5, 0.6) is 5.88 Å². The van der Waals surface area contributed by atoms with Crippen LogP contribution in [0.4, 0.5) is 0 Å². The molecule has 0 spiro atoms. The van der Waals surface area contributed by atoms with Crippen LogP contribution in [0, 0.1) is 6.92 Å². The average molecular weight is 340 g/mol. The summed E-state index contributed by atoms with van der Waals surface area (Å²) in [5.41, 5.74) is 1.82. The molecule has 2 aliphatic rings. The molecule has 3 heterocycles. The molecule has 132 valence electrons. The molecule has 2 aromatic heterocycles. The van der Waals surface area contributed by atoms with E-state index in [0.29, 0.717) is 23.4 Å². The Bertz CT molecular complexity index is 764. The number of pyridine rings is 1. The second-order valence-electron chi connectivity index (χ2n) is 7.04. The Kier molecular flexibility index (Phi) is 4.19. The smallest absolute Gasteiger partial charge is 0.255 e. The average Bonchev–Trinajstić information content (AvgIpc) is 3.43. The molecule has 1 unspecified atom stereocenters. The van der Waals surface area contributed by atoms with Gasteiger partial charge in [-0.25, -0.2) is 9.97 Å². The van der Waals surface area contributed by atoms with Crippen molar-refractivity contribution in [2.24, 2.45) is 0 Å². The van der Waals surface area contributed by atoms with Gasteiger partial charge in [-0.05, 0) is 38.7 Å². The fraction of sp³-hybridized carbons (Fsp3) is 0.526. The lowest BCUT2D eigenvalue weighted by molar-refractivity contribution is 0.0676. The summed E-state index contributed by atoms with van der Waals surface area (Å²) in [5.74, 6) is 2.40. The molecule has 6 nitrogen and oxygen atoms in total. The number of hydrogen-bond donors (Lipinski definition) is 0. The van der Waals surface area contributed by atoms with E-state index in [4.69, 9.17) is 4.74 Å². The van der Waals surface area contributed by atoms with E-state index in [1.165, 1.54) is 24.4 Å². The minimum absolute atomic E-state index is 0.0468. The van der Waals surface area contributed by atoms with Gasteiger partial charge >= 0.3 is 0 Å². The summed E-state index contributed by atoms with van der Waals surface area (Å²) in [6.45, 7) is 3.66. The van der Waals surface area contributed by atoms with Crippen molar-refractivity contribution < 1.29 is 9.53 Å². The number of rotatable bonds is 4. The van der Waals surface area contributed by atoms with Crippen molar-refractivity contribution in [3.05, 3.63) is 41.6 Å². The van der Waals surface area contributed by atoms with Crippen molar-refractivity contribution in [2.45, 2.75) is 44.6 Å². The van der Waals surface area contributed by atoms with Crippen LogP contribution < -0.4 is 4.74 Å². The van der Waals surface area contributed by atoms with Crippen LogP contribution >= 0.6 is 0 Å². The van der Waals surface area contributed by atoms with Gasteiger partial charge in [-0.1, -0.05) is 0 Å². The van der Waals surface area contributed by atoms with Gasteiger partial charge in [-0.3, -0.25) is 4.79 Å². The van der Waals surface area contributed by atoms with Crippen LogP contribution in [0.25, 0.3) is 0 Å². The molecule has 2 fully saturated rings. The van der Waals surface area contributed by atoms with Crippen LogP contribution in [0.15, 0.2) is 24.5 Å². The van der Waals surface area contributed by atoms with Crippen LogP contribution in [0.3, 0.4) is 0 Å². The predicted molar refractivity (Wildman–Crippen MR) is 93.9 cm³/mol. The molecule has 1 aliphatic heterocycles. The summed E-state index contributed by atoms with van der Waals surface area (Å²) < 4.78 is 7.45. The minimum Gasteiger partial charge on any atom is -0.481 e. The van der Waals surface area contributed by atoms with E-state index in [2.05, 4.69) is 21.5 Å². The molecular formula is C19H24N4O2. The lowest BCUT2D eigenvalue weighted by Crippen LogP contribution is -2.41. The molecule has 1 saturated carbocycles. The fourth-order valence-corrected chi connectivity index (χ4v) is 3.74. The van der Waals surface area contributed by atoms with Gasteiger partial charge in [0, 0.05) is 43.2 Å². The molecule has 25 heavy (non-hydrogen) atoms. The normalized spacial score (nSPS) is 20.6. The number of methoxy groups -OCH3 is 1. The molecule has 0 N–H and O–H groups in total. The zero-order valence-electron chi connectivity index (χ0n) is 14.8. The molecule has 0 bridgehead atoms. The second-order valence-corrected chi connectivity index (χ2v) is 7.04. The Morgan fingerprint density at radius 3 is 2.72 bits per heavy atom. The molecule has 6 heteroatoms. The first-order valence-electron chi connectivity index (χ1n) is 9.00. The summed E-state index contributed by atoms with van der Waals surface area (Å²) in [6.07, 6.45) is 8.17. The second kappa shape index (κ2) is 6.50. The van der Waals surface area contributed by atoms with E-state index in [1.807, 2.05) is 11.1 Å². The molecule has 1 saturated heterocycles. The molecule has 0 aromatic carbocycles. The molecular weight excluding hydrogens is 316 g/mol. The van der Waals surface area contributed by atoms with Gasteiger partial charge in [0.2, 0.25) is 5.88 Å². The Morgan fingerprint density at radius 1 is 1.20 bits per heavy atom. The lowest BCUT2D eigenvalue weighted by Gasteiger charge is -2.35. The number of ether oxygens (including phenoxy) is 1. The maximum Gasteiger partial charge on any atom is 0.255 e. The number of imidazole rings is 1. The van der Waals surface area contributed by atoms with Crippen LogP contribution in [0.2, 0.25) is 0 Å². The first-order chi connectivity index (χ1) is 12.2. The number of hydrogen-bond acceptors (Lipinski definition) is 4. The highest BCUT2D eigenvalue weighted by molar-refractivity contribution is 5.94. The summed E-state index contributed by atoms with van der Waals surface area (Å²) in [6, 6.07) is 3.84. The Morgan fingerprint density at radius 2 is 2.04 bits per heavy atom. The van der Waals surface area contributed by atoms with Crippen LogP contribution in [-0.4, -0.2) is 45.5 Å². The monoisotopic (exact) mass is 340 g/mol. The number of aryl methyl sites for hydroxylation is 1. The highest BCUT2D eigenvalue weighted by atomic mass is 16.5. The zero-order chi connectivity index (χ0) is 17.4. The Balaban J connectivity index is 1.52. The van der Waals surface area contributed by atoms with Gasteiger partial charge in [0.15, 0.2) is 0 Å². The van der Waals surface area contributed by atoms with Crippen molar-refractivity contribution >= 4 is 5.91 Å². The van der Waals surface area contributed by atoms with Crippen molar-refractivity contribution in [1.29, 1.82) is 0 Å². The quantitative estimate of drug-likeness (QED) is 0.858. The molecule has 2 aromatic rings. The molecule has 0 radical (unpaired) electrons. The van der Waals surface area contributed by atoms with Gasteiger partial charge < -0.3 is 14.2 Å². The molecule has 1 amide bonds. The van der Waals surface area contributed by atoms with Crippen molar-refractivity contribution in [2.75, 3.05) is 20.2 Å². The lowest BCUT2D eigenvalue weighted by atomic mass is 10.0. The Labute approximate surface area is 147 Å². The van der Waals surface area contributed by atoms with Crippen molar-refractivity contribution in [1.82, 2.24) is 19.4 Å². The van der Waals surface area contributed by atoms with E-state index in [1.54, 1.807) is 25.4 Å². The number of carbonyl (C=O) groups excluding carboxylic acids is 1. The largest absolute Gasteiger partial charge is 0.481 e. The molecule has 1 aliphatic carbocycles. The van der Waals surface area contributed by atoms with Crippen molar-refractivity contribution in [3.63, 3.8) is 0 Å². The van der Waals surface area contributed by atoms with E-state index < -0.39 is 0 Å². The van der Waals surface area contributed by atoms with Gasteiger partial charge in [0.25, 0.3) is 5.91 Å².